The molecule has 1 heterocycles. The maximum Gasteiger partial charge on any atom is 0.265 e. The van der Waals surface area contributed by atoms with E-state index in [1.165, 1.54) is 0 Å². The summed E-state index contributed by atoms with van der Waals surface area (Å²) in [5.74, 6) is 0.254. The number of anilines is 1. The summed E-state index contributed by atoms with van der Waals surface area (Å²) in [6.07, 6.45) is -0.642. The van der Waals surface area contributed by atoms with Crippen LogP contribution in [0.25, 0.3) is 22.3 Å². The van der Waals surface area contributed by atoms with Crippen molar-refractivity contribution in [1.82, 2.24) is 0 Å². The van der Waals surface area contributed by atoms with Gasteiger partial charge in [-0.15, -0.1) is 0 Å². The quantitative estimate of drug-likeness (QED) is 0.322. The molecule has 0 aliphatic rings. The maximum absolute atomic E-state index is 13.4. The molecule has 0 bridgehead atoms. The Bertz CT molecular complexity index is 1380. The highest BCUT2D eigenvalue weighted by Gasteiger charge is 2.26. The lowest BCUT2D eigenvalue weighted by Gasteiger charge is -2.20. The first-order valence-electron chi connectivity index (χ1n) is 11.0. The molecular formula is C27H24ClNO5. The molecule has 7 heteroatoms. The van der Waals surface area contributed by atoms with Crippen molar-refractivity contribution in [3.63, 3.8) is 0 Å². The highest BCUT2D eigenvalue weighted by atomic mass is 35.5. The second kappa shape index (κ2) is 10.4. The van der Waals surface area contributed by atoms with Crippen LogP contribution in [0.15, 0.2) is 82.0 Å². The molecule has 1 N–H and O–H groups in total. The van der Waals surface area contributed by atoms with Crippen molar-refractivity contribution in [2.75, 3.05) is 11.9 Å². The van der Waals surface area contributed by atoms with Crippen LogP contribution in [0.4, 0.5) is 5.69 Å². The van der Waals surface area contributed by atoms with E-state index in [2.05, 4.69) is 5.32 Å². The minimum Gasteiger partial charge on any atom is -0.492 e. The Morgan fingerprint density at radius 1 is 1.00 bits per heavy atom. The van der Waals surface area contributed by atoms with Gasteiger partial charge in [0.05, 0.1) is 22.7 Å². The van der Waals surface area contributed by atoms with Gasteiger partial charge >= 0.3 is 0 Å². The zero-order chi connectivity index (χ0) is 24.1. The minimum absolute atomic E-state index is 0.0631. The fourth-order valence-electron chi connectivity index (χ4n) is 3.58. The van der Waals surface area contributed by atoms with Crippen LogP contribution >= 0.6 is 11.6 Å². The van der Waals surface area contributed by atoms with Crippen molar-refractivity contribution < 1.29 is 18.7 Å². The Labute approximate surface area is 202 Å². The van der Waals surface area contributed by atoms with Crippen LogP contribution in [0, 0.1) is 0 Å². The fraction of sp³-hybridized carbons (Fsp3) is 0.185. The average molecular weight is 478 g/mol. The van der Waals surface area contributed by atoms with Gasteiger partial charge in [0.15, 0.2) is 11.9 Å². The van der Waals surface area contributed by atoms with E-state index in [0.717, 1.165) is 0 Å². The number of carbonyl (C=O) groups is 1. The number of rotatable bonds is 8. The molecule has 0 saturated carbocycles. The van der Waals surface area contributed by atoms with E-state index in [0.29, 0.717) is 46.0 Å². The Morgan fingerprint density at radius 2 is 1.71 bits per heavy atom. The summed E-state index contributed by atoms with van der Waals surface area (Å²) in [6, 6.07) is 21.0. The monoisotopic (exact) mass is 477 g/mol. The molecule has 34 heavy (non-hydrogen) atoms. The summed E-state index contributed by atoms with van der Waals surface area (Å²) in [5.41, 5.74) is 1.04. The third kappa shape index (κ3) is 4.77. The van der Waals surface area contributed by atoms with Crippen molar-refractivity contribution in [2.24, 2.45) is 0 Å². The summed E-state index contributed by atoms with van der Waals surface area (Å²) in [4.78, 5) is 26.6. The van der Waals surface area contributed by atoms with Crippen LogP contribution < -0.4 is 20.2 Å². The second-order valence-electron chi connectivity index (χ2n) is 7.50. The summed E-state index contributed by atoms with van der Waals surface area (Å²) in [7, 11) is 0. The van der Waals surface area contributed by atoms with Crippen LogP contribution in [0.5, 0.6) is 11.5 Å². The molecule has 1 unspecified atom stereocenters. The number of ether oxygens (including phenoxy) is 2. The number of hydrogen-bond donors (Lipinski definition) is 1. The van der Waals surface area contributed by atoms with Gasteiger partial charge in [-0.3, -0.25) is 9.59 Å². The highest BCUT2D eigenvalue weighted by molar-refractivity contribution is 6.33. The minimum atomic E-state index is -0.958. The molecule has 4 rings (SSSR count). The average Bonchev–Trinajstić information content (AvgIpc) is 2.85. The number of halogens is 1. The molecule has 4 aromatic rings. The fourth-order valence-corrected chi connectivity index (χ4v) is 3.81. The highest BCUT2D eigenvalue weighted by Crippen LogP contribution is 2.36. The summed E-state index contributed by atoms with van der Waals surface area (Å²) >= 11 is 6.41. The number of nitrogens with one attached hydrogen (secondary N) is 1. The van der Waals surface area contributed by atoms with Gasteiger partial charge in [-0.2, -0.15) is 0 Å². The SMILES string of the molecule is CCOc1ccccc1NC(=O)C(CC)Oc1c(-c2ccccc2Cl)oc2ccccc2c1=O. The van der Waals surface area contributed by atoms with Gasteiger partial charge in [-0.05, 0) is 49.7 Å². The zero-order valence-corrected chi connectivity index (χ0v) is 19.6. The van der Waals surface area contributed by atoms with Crippen LogP contribution in [-0.4, -0.2) is 18.6 Å². The van der Waals surface area contributed by atoms with E-state index < -0.39 is 12.0 Å². The van der Waals surface area contributed by atoms with Gasteiger partial charge in [0, 0.05) is 5.56 Å². The predicted molar refractivity (Wildman–Crippen MR) is 134 cm³/mol. The molecule has 174 valence electrons. The Hall–Kier alpha value is -3.77. The molecule has 0 saturated heterocycles. The van der Waals surface area contributed by atoms with Crippen molar-refractivity contribution in [1.29, 1.82) is 0 Å². The number of benzene rings is 3. The second-order valence-corrected chi connectivity index (χ2v) is 7.91. The molecule has 0 radical (unpaired) electrons. The topological polar surface area (TPSA) is 77.8 Å². The molecule has 3 aromatic carbocycles. The van der Waals surface area contributed by atoms with Crippen LogP contribution in [0.3, 0.4) is 0 Å². The predicted octanol–water partition coefficient (Wildman–Crippen LogP) is 6.31. The van der Waals surface area contributed by atoms with Crippen LogP contribution in [0.1, 0.15) is 20.3 Å². The lowest BCUT2D eigenvalue weighted by molar-refractivity contribution is -0.122. The Balaban J connectivity index is 1.75. The molecule has 1 amide bonds. The van der Waals surface area contributed by atoms with Gasteiger partial charge < -0.3 is 19.2 Å². The number of hydrogen-bond acceptors (Lipinski definition) is 5. The third-order valence-electron chi connectivity index (χ3n) is 5.24. The lowest BCUT2D eigenvalue weighted by atomic mass is 10.1. The van der Waals surface area contributed by atoms with Gasteiger partial charge in [0.1, 0.15) is 11.3 Å². The zero-order valence-electron chi connectivity index (χ0n) is 18.8. The number of carbonyl (C=O) groups excluding carboxylic acids is 1. The smallest absolute Gasteiger partial charge is 0.265 e. The molecule has 0 aliphatic carbocycles. The van der Waals surface area contributed by atoms with E-state index in [1.807, 2.05) is 13.0 Å². The van der Waals surface area contributed by atoms with E-state index in [-0.39, 0.29) is 16.9 Å². The lowest BCUT2D eigenvalue weighted by Crippen LogP contribution is -2.34. The van der Waals surface area contributed by atoms with E-state index in [9.17, 15) is 9.59 Å². The maximum atomic E-state index is 13.4. The van der Waals surface area contributed by atoms with E-state index >= 15 is 0 Å². The molecular weight excluding hydrogens is 454 g/mol. The Morgan fingerprint density at radius 3 is 2.47 bits per heavy atom. The third-order valence-corrected chi connectivity index (χ3v) is 5.57. The van der Waals surface area contributed by atoms with Gasteiger partial charge in [-0.25, -0.2) is 0 Å². The molecule has 0 aliphatic heterocycles. The summed E-state index contributed by atoms with van der Waals surface area (Å²) in [5, 5.41) is 3.60. The number of para-hydroxylation sites is 3. The largest absolute Gasteiger partial charge is 0.492 e. The van der Waals surface area contributed by atoms with Gasteiger partial charge in [0.2, 0.25) is 11.2 Å². The molecule has 6 nitrogen and oxygen atoms in total. The standard InChI is InChI=1S/C27H24ClNO5/c1-3-21(27(31)29-20-14-8-10-16-23(20)32-4-2)33-26-24(30)18-12-6-9-15-22(18)34-25(26)17-11-5-7-13-19(17)28/h5-16,21H,3-4H2,1-2H3,(H,29,31). The number of amides is 1. The summed E-state index contributed by atoms with van der Waals surface area (Å²) in [6.45, 7) is 4.13. The molecule has 0 spiro atoms. The van der Waals surface area contributed by atoms with Crippen molar-refractivity contribution in [2.45, 2.75) is 26.4 Å². The van der Waals surface area contributed by atoms with Crippen molar-refractivity contribution in [3.05, 3.63) is 88.0 Å². The van der Waals surface area contributed by atoms with Crippen molar-refractivity contribution >= 4 is 34.2 Å². The van der Waals surface area contributed by atoms with Gasteiger partial charge in [-0.1, -0.05) is 54.9 Å². The van der Waals surface area contributed by atoms with Crippen LogP contribution in [-0.2, 0) is 4.79 Å². The molecule has 1 aromatic heterocycles. The Kier molecular flexibility index (Phi) is 7.18. The first-order chi connectivity index (χ1) is 16.5. The normalized spacial score (nSPS) is 11.7. The van der Waals surface area contributed by atoms with Gasteiger partial charge in [0.25, 0.3) is 5.91 Å². The number of fused-ring (bicyclic) bond motifs is 1. The van der Waals surface area contributed by atoms with E-state index in [1.54, 1.807) is 73.7 Å². The first kappa shape index (κ1) is 23.4. The van der Waals surface area contributed by atoms with E-state index in [4.69, 9.17) is 25.5 Å². The van der Waals surface area contributed by atoms with Crippen molar-refractivity contribution in [3.8, 4) is 22.8 Å². The summed E-state index contributed by atoms with van der Waals surface area (Å²) < 4.78 is 17.7. The first-order valence-corrected chi connectivity index (χ1v) is 11.4. The molecule has 0 fully saturated rings. The molecule has 1 atom stereocenters. The van der Waals surface area contributed by atoms with Crippen LogP contribution in [0.2, 0.25) is 5.02 Å².